The zero-order valence-corrected chi connectivity index (χ0v) is 15.8. The van der Waals surface area contributed by atoms with Gasteiger partial charge in [-0.3, -0.25) is 14.0 Å². The van der Waals surface area contributed by atoms with Crippen molar-refractivity contribution in [2.24, 2.45) is 0 Å². The number of imidazole rings is 1. The van der Waals surface area contributed by atoms with Crippen LogP contribution in [0.15, 0.2) is 35.5 Å². The third kappa shape index (κ3) is 3.79. The molecule has 2 N–H and O–H groups in total. The molecule has 0 unspecified atom stereocenters. The van der Waals surface area contributed by atoms with E-state index >= 15 is 0 Å². The fourth-order valence-electron chi connectivity index (χ4n) is 3.76. The van der Waals surface area contributed by atoms with E-state index in [1.807, 2.05) is 0 Å². The number of nitrogens with one attached hydrogen (secondary N) is 2. The maximum Gasteiger partial charge on any atom is 0.274 e. The Hall–Kier alpha value is -2.71. The van der Waals surface area contributed by atoms with Gasteiger partial charge in [-0.15, -0.1) is 0 Å². The fraction of sp³-hybridized carbons (Fsp3) is 0.450. The Morgan fingerprint density at radius 1 is 1.25 bits per heavy atom. The predicted octanol–water partition coefficient (Wildman–Crippen LogP) is 1.88. The molecule has 1 aromatic carbocycles. The normalized spacial score (nSPS) is 19.9. The Labute approximate surface area is 161 Å². The summed E-state index contributed by atoms with van der Waals surface area (Å²) < 4.78 is 12.5. The summed E-state index contributed by atoms with van der Waals surface area (Å²) in [5, 5.41) is 3.12. The summed E-state index contributed by atoms with van der Waals surface area (Å²) in [6.07, 6.45) is 7.01. The number of fused-ring (bicyclic) bond motifs is 3. The van der Waals surface area contributed by atoms with Gasteiger partial charge in [-0.1, -0.05) is 0 Å². The number of H-pyrrole nitrogens is 1. The topological polar surface area (TPSA) is 97.7 Å². The number of carbonyl (C=O) groups excluding carboxylic acids is 1. The molecule has 28 heavy (non-hydrogen) atoms. The van der Waals surface area contributed by atoms with Gasteiger partial charge < -0.3 is 19.8 Å². The average Bonchev–Trinajstić information content (AvgIpc) is 3.20. The molecule has 0 aliphatic heterocycles. The Balaban J connectivity index is 1.43. The lowest BCUT2D eigenvalue weighted by atomic mass is 9.92. The van der Waals surface area contributed by atoms with Crippen LogP contribution in [-0.4, -0.2) is 52.7 Å². The van der Waals surface area contributed by atoms with Crippen LogP contribution < -0.4 is 10.9 Å². The van der Waals surface area contributed by atoms with Crippen LogP contribution in [-0.2, 0) is 9.47 Å². The molecule has 1 amide bonds. The molecule has 0 spiro atoms. The highest BCUT2D eigenvalue weighted by Crippen LogP contribution is 2.22. The Bertz CT molecular complexity index is 1030. The Morgan fingerprint density at radius 3 is 2.86 bits per heavy atom. The molecule has 8 heteroatoms. The van der Waals surface area contributed by atoms with Gasteiger partial charge in [0.2, 0.25) is 0 Å². The molecule has 0 atom stereocenters. The summed E-state index contributed by atoms with van der Waals surface area (Å²) >= 11 is 0. The van der Waals surface area contributed by atoms with E-state index in [9.17, 15) is 9.59 Å². The first-order valence-corrected chi connectivity index (χ1v) is 9.55. The number of rotatable bonds is 6. The number of aromatic amines is 1. The van der Waals surface area contributed by atoms with E-state index in [4.69, 9.17) is 9.47 Å². The highest BCUT2D eigenvalue weighted by Gasteiger charge is 2.23. The van der Waals surface area contributed by atoms with E-state index in [0.29, 0.717) is 29.8 Å². The van der Waals surface area contributed by atoms with Gasteiger partial charge in [-0.25, -0.2) is 4.98 Å². The van der Waals surface area contributed by atoms with Crippen molar-refractivity contribution in [3.63, 3.8) is 0 Å². The minimum absolute atomic E-state index is 0.106. The average molecular weight is 384 g/mol. The van der Waals surface area contributed by atoms with Gasteiger partial charge in [0, 0.05) is 18.7 Å². The Kier molecular flexibility index (Phi) is 5.40. The van der Waals surface area contributed by atoms with E-state index in [-0.39, 0.29) is 23.6 Å². The third-order valence-corrected chi connectivity index (χ3v) is 5.29. The zero-order chi connectivity index (χ0) is 19.5. The van der Waals surface area contributed by atoms with E-state index < -0.39 is 0 Å². The van der Waals surface area contributed by atoms with Crippen LogP contribution in [0.25, 0.3) is 16.6 Å². The first kappa shape index (κ1) is 18.6. The molecule has 1 saturated carbocycles. The zero-order valence-electron chi connectivity index (χ0n) is 15.8. The molecule has 0 bridgehead atoms. The second-order valence-corrected chi connectivity index (χ2v) is 7.15. The van der Waals surface area contributed by atoms with Crippen molar-refractivity contribution in [3.8, 4) is 0 Å². The summed E-state index contributed by atoms with van der Waals surface area (Å²) in [6, 6.07) is 5.42. The highest BCUT2D eigenvalue weighted by atomic mass is 16.5. The van der Waals surface area contributed by atoms with E-state index in [1.165, 1.54) is 6.20 Å². The molecule has 2 heterocycles. The number of hydrogen-bond donors (Lipinski definition) is 2. The number of carbonyl (C=O) groups is 1. The van der Waals surface area contributed by atoms with E-state index in [1.54, 1.807) is 36.0 Å². The monoisotopic (exact) mass is 384 g/mol. The smallest absolute Gasteiger partial charge is 0.274 e. The van der Waals surface area contributed by atoms with E-state index in [2.05, 4.69) is 15.3 Å². The maximum absolute atomic E-state index is 12.7. The fourth-order valence-corrected chi connectivity index (χ4v) is 3.76. The van der Waals surface area contributed by atoms with E-state index in [0.717, 1.165) is 31.2 Å². The summed E-state index contributed by atoms with van der Waals surface area (Å²) in [6.45, 7) is 1.22. The molecule has 0 saturated heterocycles. The van der Waals surface area contributed by atoms with Crippen molar-refractivity contribution in [1.29, 1.82) is 0 Å². The van der Waals surface area contributed by atoms with Crippen molar-refractivity contribution in [1.82, 2.24) is 19.7 Å². The van der Waals surface area contributed by atoms with Gasteiger partial charge in [-0.2, -0.15) is 0 Å². The molecule has 4 rings (SSSR count). The number of benzene rings is 1. The predicted molar refractivity (Wildman–Crippen MR) is 105 cm³/mol. The standard InChI is InChI=1S/C20H24N4O4/c1-27-8-9-28-15-5-3-14(4-6-15)22-19(25)13-2-7-16-17(10-13)24-12-21-11-18(24)20(26)23-16/h2,7,10-12,14-15H,3-6,8-9H2,1H3,(H,22,25)(H,23,26). The van der Waals surface area contributed by atoms with Crippen molar-refractivity contribution in [2.75, 3.05) is 20.3 Å². The molecule has 8 nitrogen and oxygen atoms in total. The molecule has 2 aromatic heterocycles. The number of aromatic nitrogens is 3. The highest BCUT2D eigenvalue weighted by molar-refractivity contribution is 5.97. The number of nitrogens with zero attached hydrogens (tertiary/aromatic N) is 2. The lowest BCUT2D eigenvalue weighted by Gasteiger charge is -2.29. The van der Waals surface area contributed by atoms with Crippen LogP contribution in [0.1, 0.15) is 36.0 Å². The maximum atomic E-state index is 12.7. The summed E-state index contributed by atoms with van der Waals surface area (Å²) in [4.78, 5) is 31.6. The van der Waals surface area contributed by atoms with Gasteiger partial charge in [0.05, 0.1) is 42.9 Å². The third-order valence-electron chi connectivity index (χ3n) is 5.29. The van der Waals surface area contributed by atoms with Crippen molar-refractivity contribution >= 4 is 22.5 Å². The van der Waals surface area contributed by atoms with Gasteiger partial charge in [-0.05, 0) is 43.9 Å². The second-order valence-electron chi connectivity index (χ2n) is 7.15. The molecular weight excluding hydrogens is 360 g/mol. The molecule has 148 valence electrons. The van der Waals surface area contributed by atoms with Gasteiger partial charge in [0.15, 0.2) is 0 Å². The number of hydrogen-bond acceptors (Lipinski definition) is 5. The van der Waals surface area contributed by atoms with Gasteiger partial charge >= 0.3 is 0 Å². The molecule has 1 aliphatic rings. The van der Waals surface area contributed by atoms with Gasteiger partial charge in [0.1, 0.15) is 5.52 Å². The number of methoxy groups -OCH3 is 1. The largest absolute Gasteiger partial charge is 0.382 e. The molecule has 0 radical (unpaired) electrons. The van der Waals surface area contributed by atoms with Crippen molar-refractivity contribution in [2.45, 2.75) is 37.8 Å². The summed E-state index contributed by atoms with van der Waals surface area (Å²) in [5.74, 6) is -0.106. The first-order valence-electron chi connectivity index (χ1n) is 9.55. The molecular formula is C20H24N4O4. The van der Waals surface area contributed by atoms with Crippen LogP contribution in [0.2, 0.25) is 0 Å². The van der Waals surface area contributed by atoms with Crippen molar-refractivity contribution < 1.29 is 14.3 Å². The van der Waals surface area contributed by atoms with Crippen LogP contribution in [0.5, 0.6) is 0 Å². The minimum Gasteiger partial charge on any atom is -0.382 e. The quantitative estimate of drug-likeness (QED) is 0.633. The van der Waals surface area contributed by atoms with Crippen LogP contribution in [0.4, 0.5) is 0 Å². The summed E-state index contributed by atoms with van der Waals surface area (Å²) in [5.41, 5.74) is 2.23. The van der Waals surface area contributed by atoms with Crippen LogP contribution in [0, 0.1) is 0 Å². The molecule has 1 fully saturated rings. The van der Waals surface area contributed by atoms with Crippen LogP contribution in [0.3, 0.4) is 0 Å². The van der Waals surface area contributed by atoms with Crippen LogP contribution >= 0.6 is 0 Å². The summed E-state index contributed by atoms with van der Waals surface area (Å²) in [7, 11) is 1.66. The molecule has 3 aromatic rings. The minimum atomic E-state index is -0.202. The number of amides is 1. The van der Waals surface area contributed by atoms with Gasteiger partial charge in [0.25, 0.3) is 11.5 Å². The first-order chi connectivity index (χ1) is 13.7. The molecule has 1 aliphatic carbocycles. The SMILES string of the molecule is COCCOC1CCC(NC(=O)c2ccc3[nH]c(=O)c4cncn4c3c2)CC1. The van der Waals surface area contributed by atoms with Crippen molar-refractivity contribution in [3.05, 3.63) is 46.6 Å². The lowest BCUT2D eigenvalue weighted by molar-refractivity contribution is -0.00408. The second kappa shape index (κ2) is 8.12. The lowest BCUT2D eigenvalue weighted by Crippen LogP contribution is -2.39. The number of ether oxygens (including phenoxy) is 2. The Morgan fingerprint density at radius 2 is 2.07 bits per heavy atom.